The van der Waals surface area contributed by atoms with E-state index in [-0.39, 0.29) is 35.6 Å². The average Bonchev–Trinajstić information content (AvgIpc) is 1.78. The van der Waals surface area contributed by atoms with Crippen molar-refractivity contribution in [3.8, 4) is 0 Å². The molecule has 4 amide bonds. The van der Waals surface area contributed by atoms with Crippen LogP contribution in [-0.2, 0) is 14.3 Å². The third-order valence-electron chi connectivity index (χ3n) is 19.8. The zero-order chi connectivity index (χ0) is 74.7. The zero-order valence-corrected chi connectivity index (χ0v) is 70.1. The molecule has 0 aromatic heterocycles. The fraction of sp³-hybridized carbons (Fsp3) is 0.963. The van der Waals surface area contributed by atoms with E-state index in [0.717, 1.165) is 83.6 Å². The normalized spacial score (nSPS) is 22.5. The maximum Gasteiger partial charge on any atom is 0.317 e. The molecule has 578 valence electrons. The summed E-state index contributed by atoms with van der Waals surface area (Å²) in [4.78, 5) is 58.3. The van der Waals surface area contributed by atoms with Gasteiger partial charge >= 0.3 is 6.03 Å². The molecule has 10 aliphatic rings. The smallest absolute Gasteiger partial charge is 0.317 e. The Labute approximate surface area is 602 Å². The van der Waals surface area contributed by atoms with Gasteiger partial charge in [0.15, 0.2) is 0 Å². The number of alkyl halides is 1. The van der Waals surface area contributed by atoms with Crippen molar-refractivity contribution in [2.45, 2.75) is 342 Å². The number of amides is 4. The first-order valence-electron chi connectivity index (χ1n) is 38.0. The molecule has 0 aliphatic carbocycles. The molecule has 0 spiro atoms. The fourth-order valence-corrected chi connectivity index (χ4v) is 12.5. The van der Waals surface area contributed by atoms with Crippen LogP contribution in [0, 0.1) is 11.8 Å². The van der Waals surface area contributed by atoms with E-state index in [1.807, 2.05) is 35.5 Å². The molecule has 1 N–H and O–H groups in total. The molecule has 0 atom stereocenters. The van der Waals surface area contributed by atoms with E-state index < -0.39 is 5.67 Å². The Balaban J connectivity index is 0.00000106. The highest BCUT2D eigenvalue weighted by Crippen LogP contribution is 2.31. The van der Waals surface area contributed by atoms with E-state index >= 15 is 0 Å². The second-order valence-electron chi connectivity index (χ2n) is 39.6. The number of carbonyl (C=O) groups excluding carboxylic acids is 3. The maximum absolute atomic E-state index is 12.9. The number of nitrogens with zero attached hydrogens (tertiary/aromatic N) is 11. The van der Waals surface area contributed by atoms with Crippen molar-refractivity contribution in [1.29, 1.82) is 0 Å². The number of hydrogen-bond acceptors (Lipinski definition) is 12. The number of halogens is 1. The quantitative estimate of drug-likeness (QED) is 0.184. The third-order valence-corrected chi connectivity index (χ3v) is 19.8. The number of carbonyl (C=O) groups is 3. The molecule has 10 aliphatic heterocycles. The number of piperidine rings is 1. The van der Waals surface area contributed by atoms with Crippen molar-refractivity contribution in [2.75, 3.05) is 151 Å². The summed E-state index contributed by atoms with van der Waals surface area (Å²) in [6.45, 7) is 96.2. The highest BCUT2D eigenvalue weighted by Gasteiger charge is 2.44. The molecule has 10 heterocycles. The van der Waals surface area contributed by atoms with E-state index in [1.54, 1.807) is 6.92 Å². The molecule has 0 bridgehead atoms. The van der Waals surface area contributed by atoms with Crippen LogP contribution >= 0.6 is 0 Å². The van der Waals surface area contributed by atoms with E-state index in [2.05, 4.69) is 252 Å². The summed E-state index contributed by atoms with van der Waals surface area (Å²) < 4.78 is 18.2. The maximum atomic E-state index is 12.9. The van der Waals surface area contributed by atoms with Gasteiger partial charge in [0.1, 0.15) is 5.67 Å². The molecule has 0 saturated carbocycles. The van der Waals surface area contributed by atoms with Crippen LogP contribution in [0.4, 0.5) is 9.18 Å². The van der Waals surface area contributed by atoms with Gasteiger partial charge in [-0.2, -0.15) is 0 Å². The number of ether oxygens (including phenoxy) is 1. The fourth-order valence-electron chi connectivity index (χ4n) is 12.5. The molecule has 10 rings (SSSR count). The SMILES string of the molecule is C.CC(C)(C)N1CC1.CC(C)(C)N1CCC1=O.CC(C)(C)N1CCCC1.CC(C)(C)N1CCCC1=O.CC(C)(C)N1CCNC1=O.CC(C)(C)N1CCOCC1.CC1(F)CN(C(C)(C)C)C1.CC1CCN(C(C)(C)C)CC1.CC1CN(C(C)(C)C)C1.CN1CCN(C(C)(C)C)CC1. The van der Waals surface area contributed by atoms with Gasteiger partial charge in [0.2, 0.25) is 11.8 Å². The molecule has 97 heavy (non-hydrogen) atoms. The summed E-state index contributed by atoms with van der Waals surface area (Å²) >= 11 is 0. The third kappa shape index (κ3) is 38.7. The van der Waals surface area contributed by atoms with Crippen molar-refractivity contribution in [3.05, 3.63) is 0 Å². The lowest BCUT2D eigenvalue weighted by molar-refractivity contribution is -0.146. The topological polar surface area (TPSA) is 108 Å². The van der Waals surface area contributed by atoms with Crippen LogP contribution in [0.1, 0.15) is 281 Å². The standard InChI is InChI=1S/C10H21N.C9H20N2.C8H16FN.C8H17NO.C8H15NO.2C8H17N.C7H14N2O.C7H13NO.C6H13N.CH4/c1-9-5-7-11(8-6-9)10(2,3)4;1-9(2,3)11-7-5-10(4)6-8-11;1-7(2,3)10-5-8(4,9)6-10;1-8(2,3)9-4-6-10-7-5-9;1-8(2,3)9-6-4-5-7(9)10;1-7-5-9(6-7)8(2,3)4;1-8(2,3)9-6-4-5-7-9;1-7(2,3)9-5-4-8-6(9)10;1-7(2,3)8-5-4-6(8)9;1-6(2,3)7-4-5-7;/h9H,5-8H2,1-4H3;5-8H2,1-4H3;5-6H2,1-4H3;4-7H2,1-3H3;4-6H2,1-3H3;7H,5-6H2,1-4H3;4-7H2,1-3H3;4-5H2,1-3H3,(H,8,10);4-5H2,1-3H3;4-5H2,1-3H3;1H4. The van der Waals surface area contributed by atoms with E-state index in [0.29, 0.717) is 58.1 Å². The van der Waals surface area contributed by atoms with E-state index in [4.69, 9.17) is 4.74 Å². The van der Waals surface area contributed by atoms with Crippen molar-refractivity contribution in [3.63, 3.8) is 0 Å². The largest absolute Gasteiger partial charge is 0.379 e. The predicted octanol–water partition coefficient (Wildman–Crippen LogP) is 15.1. The van der Waals surface area contributed by atoms with Crippen LogP contribution in [0.2, 0.25) is 0 Å². The van der Waals surface area contributed by atoms with Crippen molar-refractivity contribution < 1.29 is 23.5 Å². The first-order chi connectivity index (χ1) is 43.2. The number of piperazine rings is 1. The van der Waals surface area contributed by atoms with Gasteiger partial charge in [0.25, 0.3) is 0 Å². The zero-order valence-electron chi connectivity index (χ0n) is 70.1. The molecule has 17 heteroatoms. The lowest BCUT2D eigenvalue weighted by atomic mass is 9.92. The number of β-lactam (4-membered cyclic amide) rings is 1. The van der Waals surface area contributed by atoms with Crippen LogP contribution in [0.5, 0.6) is 0 Å². The Kier molecular flexibility index (Phi) is 38.7. The number of likely N-dealkylation sites (N-methyl/N-ethyl adjacent to an activating group) is 1. The molecule has 10 fully saturated rings. The number of morpholine rings is 1. The van der Waals surface area contributed by atoms with Gasteiger partial charge in [-0.1, -0.05) is 21.3 Å². The second kappa shape index (κ2) is 39.6. The van der Waals surface area contributed by atoms with Crippen LogP contribution in [0.15, 0.2) is 0 Å². The molecule has 10 saturated heterocycles. The first kappa shape index (κ1) is 94.8. The molecule has 0 aromatic rings. The van der Waals surface area contributed by atoms with Gasteiger partial charge in [-0.15, -0.1) is 0 Å². The Morgan fingerprint density at radius 1 is 0.371 bits per heavy atom. The summed E-state index contributed by atoms with van der Waals surface area (Å²) in [5, 5.41) is 2.76. The van der Waals surface area contributed by atoms with Gasteiger partial charge < -0.3 is 29.7 Å². The number of hydrogen-bond donors (Lipinski definition) is 1. The highest BCUT2D eigenvalue weighted by atomic mass is 19.1. The molecule has 16 nitrogen and oxygen atoms in total. The number of likely N-dealkylation sites (tertiary alicyclic amines) is 6. The van der Waals surface area contributed by atoms with Crippen LogP contribution < -0.4 is 5.32 Å². The second-order valence-corrected chi connectivity index (χ2v) is 39.6. The van der Waals surface area contributed by atoms with Gasteiger partial charge in [-0.3, -0.25) is 43.9 Å². The molecular formula is C80H167FN12O4. The van der Waals surface area contributed by atoms with Gasteiger partial charge in [0, 0.05) is 173 Å². The Hall–Kier alpha value is -2.22. The van der Waals surface area contributed by atoms with Gasteiger partial charge in [-0.05, 0) is 292 Å². The average molecular weight is 1380 g/mol. The number of urea groups is 1. The van der Waals surface area contributed by atoms with Crippen molar-refractivity contribution >= 4 is 17.8 Å². The monoisotopic (exact) mass is 1380 g/mol. The minimum absolute atomic E-state index is 0. The van der Waals surface area contributed by atoms with E-state index in [9.17, 15) is 18.8 Å². The molecule has 0 unspecified atom stereocenters. The lowest BCUT2D eigenvalue weighted by Crippen LogP contribution is -2.63. The first-order valence-corrected chi connectivity index (χ1v) is 38.0. The summed E-state index contributed by atoms with van der Waals surface area (Å²) in [6, 6.07) is 0.0625. The van der Waals surface area contributed by atoms with Crippen LogP contribution in [-0.4, -0.2) is 284 Å². The van der Waals surface area contributed by atoms with E-state index in [1.165, 1.54) is 104 Å². The van der Waals surface area contributed by atoms with Crippen molar-refractivity contribution in [1.82, 2.24) is 59.2 Å². The predicted molar refractivity (Wildman–Crippen MR) is 417 cm³/mol. The Morgan fingerprint density at radius 3 is 0.897 bits per heavy atom. The summed E-state index contributed by atoms with van der Waals surface area (Å²) in [5.41, 5.74) is 1.62. The minimum Gasteiger partial charge on any atom is -0.379 e. The highest BCUT2D eigenvalue weighted by molar-refractivity contribution is 5.82. The summed E-state index contributed by atoms with van der Waals surface area (Å²) in [5.74, 6) is 2.49. The number of nitrogens with one attached hydrogen (secondary N) is 1. The van der Waals surface area contributed by atoms with Gasteiger partial charge in [0.05, 0.1) is 13.2 Å². The molecule has 0 radical (unpaired) electrons. The lowest BCUT2D eigenvalue weighted by Gasteiger charge is -2.49. The van der Waals surface area contributed by atoms with Crippen LogP contribution in [0.3, 0.4) is 0 Å². The number of rotatable bonds is 0. The van der Waals surface area contributed by atoms with Crippen molar-refractivity contribution in [2.24, 2.45) is 11.8 Å². The Morgan fingerprint density at radius 2 is 0.701 bits per heavy atom. The van der Waals surface area contributed by atoms with Gasteiger partial charge in [-0.25, -0.2) is 9.18 Å². The summed E-state index contributed by atoms with van der Waals surface area (Å²) in [7, 11) is 2.19. The molecular weight excluding hydrogens is 1210 g/mol. The molecule has 0 aromatic carbocycles. The Bertz CT molecular complexity index is 2100. The van der Waals surface area contributed by atoms with Crippen LogP contribution in [0.25, 0.3) is 0 Å². The minimum atomic E-state index is -0.923. The summed E-state index contributed by atoms with van der Waals surface area (Å²) in [6.07, 6.45) is 8.10.